The first-order valence-corrected chi connectivity index (χ1v) is 67.7. The average Bonchev–Trinajstić information content (AvgIpc) is 0.694. The molecule has 6 aliphatic heterocycles. The van der Waals surface area contributed by atoms with E-state index in [-0.39, 0.29) is 36.4 Å². The SMILES string of the molecule is Cc1ccc(N2c3ccc([Si](C)(C)C)cc3B3c4ccc(C(C)(c5ccc6c(c5)N(c5ccc(C(C)(C)C)cc5)c5cc(C)cc7c5B6c5cc([Si](C)(C)C)ccc5N7c5ccc([Si](C)(C)C)cc5)c5ccc6c(c5)N(c5ccc(C(C)(C)C)cc5)c5cc(C)cc7c5B6c5cc([Si](C)(C)C)ccc5N7c5ccc([Si](C)(C)C)cc5)cc4N(c4ccc(C(C)(C)C)cc4)c4cc(C)cc2c43)cc1. The van der Waals surface area contributed by atoms with E-state index in [1.807, 2.05) is 0 Å². The Kier molecular flexibility index (Phi) is 21.4. The molecule has 0 aliphatic carbocycles. The topological polar surface area (TPSA) is 19.4 Å². The molecule has 0 atom stereocenters. The third-order valence-electron chi connectivity index (χ3n) is 31.2. The number of fused-ring (bicyclic) bond motifs is 12. The van der Waals surface area contributed by atoms with Crippen molar-refractivity contribution in [3.8, 4) is 0 Å². The molecule has 0 saturated heterocycles. The lowest BCUT2D eigenvalue weighted by molar-refractivity contribution is 0.590. The van der Waals surface area contributed by atoms with E-state index in [2.05, 4.69) is 516 Å². The number of rotatable bonds is 14. The lowest BCUT2D eigenvalue weighted by Gasteiger charge is -2.46. The molecule has 0 N–H and O–H groups in total. The van der Waals surface area contributed by atoms with Crippen molar-refractivity contribution in [1.29, 1.82) is 0 Å². The highest BCUT2D eigenvalue weighted by atomic mass is 28.3. The van der Waals surface area contributed by atoms with Gasteiger partial charge in [-0.25, -0.2) is 0 Å². The Hall–Kier alpha value is -11.6. The lowest BCUT2D eigenvalue weighted by atomic mass is 9.33. The van der Waals surface area contributed by atoms with Crippen LogP contribution in [0.4, 0.5) is 102 Å². The molecule has 15 aromatic carbocycles. The summed E-state index contributed by atoms with van der Waals surface area (Å²) < 4.78 is 0. The fourth-order valence-corrected chi connectivity index (χ4v) is 29.0. The van der Waals surface area contributed by atoms with Crippen molar-refractivity contribution in [1.82, 2.24) is 0 Å². The zero-order valence-electron chi connectivity index (χ0n) is 86.6. The molecule has 6 nitrogen and oxygen atoms in total. The van der Waals surface area contributed by atoms with Crippen LogP contribution < -0.4 is 104 Å². The fourth-order valence-electron chi connectivity index (χ4n) is 23.2. The number of anilines is 18. The Bertz CT molecular complexity index is 7100. The van der Waals surface area contributed by atoms with Crippen LogP contribution in [-0.2, 0) is 21.7 Å². The van der Waals surface area contributed by atoms with E-state index in [1.165, 1.54) is 216 Å². The summed E-state index contributed by atoms with van der Waals surface area (Å²) in [5, 5.41) is 7.30. The predicted molar refractivity (Wildman–Crippen MR) is 617 cm³/mol. The minimum Gasteiger partial charge on any atom is -0.311 e. The van der Waals surface area contributed by atoms with Gasteiger partial charge in [0.25, 0.3) is 20.1 Å². The molecule has 6 aliphatic rings. The van der Waals surface area contributed by atoms with Gasteiger partial charge in [-0.3, -0.25) is 0 Å². The summed E-state index contributed by atoms with van der Waals surface area (Å²) in [6.07, 6.45) is 0. The summed E-state index contributed by atoms with van der Waals surface area (Å²) >= 11 is 0. The summed E-state index contributed by atoms with van der Waals surface area (Å²) in [4.78, 5) is 15.9. The second kappa shape index (κ2) is 32.0. The summed E-state index contributed by atoms with van der Waals surface area (Å²) in [5.74, 6) is 0. The Balaban J connectivity index is 0.875. The molecule has 14 heteroatoms. The summed E-state index contributed by atoms with van der Waals surface area (Å²) in [5.41, 5.74) is 44.9. The first-order valence-electron chi connectivity index (χ1n) is 50.2. The normalized spacial score (nSPS) is 14.5. The van der Waals surface area contributed by atoms with Crippen molar-refractivity contribution in [3.63, 3.8) is 0 Å². The molecule has 6 heterocycles. The van der Waals surface area contributed by atoms with Crippen molar-refractivity contribution < 1.29 is 0 Å². The molecule has 21 rings (SSSR count). The van der Waals surface area contributed by atoms with Crippen LogP contribution in [0.2, 0.25) is 98.2 Å². The molecular formula is C123H135B3N6Si5. The van der Waals surface area contributed by atoms with Gasteiger partial charge >= 0.3 is 0 Å². The van der Waals surface area contributed by atoms with Crippen LogP contribution in [0.15, 0.2) is 291 Å². The number of hydrogen-bond donors (Lipinski definition) is 0. The highest BCUT2D eigenvalue weighted by Crippen LogP contribution is 2.54. The second-order valence-corrected chi connectivity index (χ2v) is 74.7. The smallest absolute Gasteiger partial charge is 0.252 e. The van der Waals surface area contributed by atoms with Crippen LogP contribution in [0.3, 0.4) is 0 Å². The Morgan fingerprint density at radius 2 is 0.372 bits per heavy atom. The molecule has 15 aromatic rings. The van der Waals surface area contributed by atoms with Gasteiger partial charge in [0, 0.05) is 108 Å². The minimum atomic E-state index is -1.93. The maximum Gasteiger partial charge on any atom is 0.252 e. The van der Waals surface area contributed by atoms with Gasteiger partial charge < -0.3 is 29.4 Å². The number of benzene rings is 15. The van der Waals surface area contributed by atoms with Gasteiger partial charge in [0.15, 0.2) is 0 Å². The van der Waals surface area contributed by atoms with Crippen molar-refractivity contribution in [3.05, 3.63) is 347 Å². The average molecular weight is 1870 g/mol. The molecule has 0 saturated carbocycles. The van der Waals surface area contributed by atoms with Crippen LogP contribution >= 0.6 is 0 Å². The monoisotopic (exact) mass is 1870 g/mol. The first kappa shape index (κ1) is 91.8. The quantitative estimate of drug-likeness (QED) is 0.0793. The molecule has 0 amide bonds. The van der Waals surface area contributed by atoms with E-state index in [0.717, 1.165) is 17.1 Å². The van der Waals surface area contributed by atoms with Gasteiger partial charge in [-0.15, -0.1) is 0 Å². The maximum absolute atomic E-state index is 2.70. The zero-order chi connectivity index (χ0) is 96.9. The standard InChI is InChI=1S/C123H135B3N6Si5/c1-78-30-41-88(42-31-78)127-105-63-57-96(135(21,22)23)75-102(105)124-99-60-38-85(72-108(99)130(114-69-79(2)66-111(127)117(114)124)89-43-32-82(33-44-89)120(5,6)7)123(14,86-39-61-100-109(73-86)131(90-45-34-83(35-46-90)121(8,9)10)115-70-80(3)67-112-118(115)125(100)103-76-97(136(24,25)26)58-64-106(103)128(112)92-49-53-94(54-50-92)133(15,16)17)87-40-62-101-110(74-87)132(91-47-36-84(37-48-91)122(11,12)13)116-71-81(4)68-113-119(116)126(101)104-77-98(137(27,28)29)59-65-107(104)129(113)93-51-55-95(56-52-93)134(18,19)20/h30-77H,1-29H3. The van der Waals surface area contributed by atoms with Gasteiger partial charge in [-0.2, -0.15) is 0 Å². The predicted octanol–water partition coefficient (Wildman–Crippen LogP) is 25.1. The van der Waals surface area contributed by atoms with Crippen LogP contribution in [0.1, 0.15) is 125 Å². The van der Waals surface area contributed by atoms with Gasteiger partial charge in [0.2, 0.25) is 0 Å². The first-order chi connectivity index (χ1) is 64.5. The van der Waals surface area contributed by atoms with Crippen molar-refractivity contribution in [2.75, 3.05) is 29.4 Å². The molecule has 0 bridgehead atoms. The van der Waals surface area contributed by atoms with Crippen LogP contribution in [0.5, 0.6) is 0 Å². The van der Waals surface area contributed by atoms with Crippen LogP contribution in [0, 0.1) is 27.7 Å². The Morgan fingerprint density at radius 3 is 0.591 bits per heavy atom. The van der Waals surface area contributed by atoms with Crippen molar-refractivity contribution >= 4 is 238 Å². The molecule has 0 fully saturated rings. The molecule has 0 radical (unpaired) electrons. The molecule has 0 aromatic heterocycles. The van der Waals surface area contributed by atoms with Gasteiger partial charge in [-0.05, 0) is 296 Å². The van der Waals surface area contributed by atoms with Crippen molar-refractivity contribution in [2.24, 2.45) is 0 Å². The molecule has 0 spiro atoms. The largest absolute Gasteiger partial charge is 0.311 e. The third kappa shape index (κ3) is 15.3. The van der Waals surface area contributed by atoms with E-state index >= 15 is 0 Å². The number of aryl methyl sites for hydroxylation is 4. The van der Waals surface area contributed by atoms with E-state index < -0.39 is 45.8 Å². The summed E-state index contributed by atoms with van der Waals surface area (Å²) in [6.45, 7) is 70.1. The van der Waals surface area contributed by atoms with E-state index in [0.29, 0.717) is 0 Å². The summed E-state index contributed by atoms with van der Waals surface area (Å²) in [6, 6.07) is 119. The highest BCUT2D eigenvalue weighted by molar-refractivity contribution is 7.03. The van der Waals surface area contributed by atoms with E-state index in [9.17, 15) is 0 Å². The second-order valence-electron chi connectivity index (χ2n) is 49.3. The van der Waals surface area contributed by atoms with Crippen molar-refractivity contribution in [2.45, 2.75) is 217 Å². The van der Waals surface area contributed by atoms with Crippen LogP contribution in [-0.4, -0.2) is 60.5 Å². The molecule has 686 valence electrons. The lowest BCUT2D eigenvalue weighted by Crippen LogP contribution is -2.62. The van der Waals surface area contributed by atoms with Gasteiger partial charge in [0.1, 0.15) is 0 Å². The maximum atomic E-state index is 2.70. The minimum absolute atomic E-state index is 0.0739. The molecule has 137 heavy (non-hydrogen) atoms. The van der Waals surface area contributed by atoms with Gasteiger partial charge in [-0.1, -0.05) is 338 Å². The van der Waals surface area contributed by atoms with Crippen LogP contribution in [0.25, 0.3) is 0 Å². The van der Waals surface area contributed by atoms with Gasteiger partial charge in [0.05, 0.1) is 40.4 Å². The molecular weight excluding hydrogens is 1730 g/mol. The number of hydrogen-bond acceptors (Lipinski definition) is 6. The van der Waals surface area contributed by atoms with E-state index in [4.69, 9.17) is 0 Å². The summed E-state index contributed by atoms with van der Waals surface area (Å²) in [7, 11) is -9.11. The Labute approximate surface area is 824 Å². The third-order valence-corrected chi connectivity index (χ3v) is 41.5. The highest BCUT2D eigenvalue weighted by Gasteiger charge is 2.51. The van der Waals surface area contributed by atoms with E-state index in [1.54, 1.807) is 0 Å². The zero-order valence-corrected chi connectivity index (χ0v) is 91.6. The fraction of sp³-hybridized carbons (Fsp3) is 0.268. The number of nitrogens with zero attached hydrogens (tertiary/aromatic N) is 6. The molecule has 0 unspecified atom stereocenters. The Morgan fingerprint density at radius 1 is 0.175 bits per heavy atom.